The molecule has 2 aromatic carbocycles. The lowest BCUT2D eigenvalue weighted by atomic mass is 10.2. The third-order valence-electron chi connectivity index (χ3n) is 3.67. The summed E-state index contributed by atoms with van der Waals surface area (Å²) in [6.45, 7) is 3.86. The van der Waals surface area contributed by atoms with Crippen molar-refractivity contribution in [2.24, 2.45) is 0 Å². The lowest BCUT2D eigenvalue weighted by Gasteiger charge is -2.22. The quantitative estimate of drug-likeness (QED) is 0.873. The second-order valence-electron chi connectivity index (χ2n) is 5.84. The summed E-state index contributed by atoms with van der Waals surface area (Å²) in [6, 6.07) is 15.2. The maximum Gasteiger partial charge on any atom is 0.241 e. The SMILES string of the molecule is Cc1ccc(S(=O)(=O)N[C@@H](C)C(=O)N(C)Cc2ccccc2)cc1. The maximum absolute atomic E-state index is 12.4. The van der Waals surface area contributed by atoms with Crippen molar-refractivity contribution < 1.29 is 13.2 Å². The number of carbonyl (C=O) groups excluding carboxylic acids is 1. The number of nitrogens with one attached hydrogen (secondary N) is 1. The van der Waals surface area contributed by atoms with E-state index in [0.29, 0.717) is 6.54 Å². The average Bonchev–Trinajstić information content (AvgIpc) is 2.55. The molecule has 0 radical (unpaired) electrons. The molecule has 24 heavy (non-hydrogen) atoms. The van der Waals surface area contributed by atoms with Crippen LogP contribution in [0, 0.1) is 6.92 Å². The monoisotopic (exact) mass is 346 g/mol. The van der Waals surface area contributed by atoms with Gasteiger partial charge in [-0.2, -0.15) is 4.72 Å². The van der Waals surface area contributed by atoms with Crippen molar-refractivity contribution in [3.05, 3.63) is 65.7 Å². The fourth-order valence-electron chi connectivity index (χ4n) is 2.33. The molecule has 0 bridgehead atoms. The predicted octanol–water partition coefficient (Wildman–Crippen LogP) is 2.32. The van der Waals surface area contributed by atoms with E-state index in [9.17, 15) is 13.2 Å². The van der Waals surface area contributed by atoms with Crippen LogP contribution in [-0.2, 0) is 21.4 Å². The zero-order valence-corrected chi connectivity index (χ0v) is 14.9. The van der Waals surface area contributed by atoms with Gasteiger partial charge in [0.2, 0.25) is 15.9 Å². The molecule has 6 heteroatoms. The number of amides is 1. The van der Waals surface area contributed by atoms with Gasteiger partial charge in [0.15, 0.2) is 0 Å². The Balaban J connectivity index is 2.03. The highest BCUT2D eigenvalue weighted by molar-refractivity contribution is 7.89. The molecule has 128 valence electrons. The molecular formula is C18H22N2O3S. The molecule has 0 fully saturated rings. The molecule has 5 nitrogen and oxygen atoms in total. The minimum absolute atomic E-state index is 0.151. The van der Waals surface area contributed by atoms with Crippen LogP contribution in [0.25, 0.3) is 0 Å². The molecule has 0 aliphatic rings. The first-order valence-corrected chi connectivity index (χ1v) is 9.16. The van der Waals surface area contributed by atoms with Crippen molar-refractivity contribution in [3.63, 3.8) is 0 Å². The van der Waals surface area contributed by atoms with Crippen LogP contribution < -0.4 is 4.72 Å². The number of benzene rings is 2. The maximum atomic E-state index is 12.4. The molecule has 1 amide bonds. The molecule has 1 N–H and O–H groups in total. The second kappa shape index (κ2) is 7.59. The van der Waals surface area contributed by atoms with Crippen molar-refractivity contribution in [1.82, 2.24) is 9.62 Å². The Bertz CT molecular complexity index is 787. The summed E-state index contributed by atoms with van der Waals surface area (Å²) in [5.41, 5.74) is 1.96. The summed E-state index contributed by atoms with van der Waals surface area (Å²) in [4.78, 5) is 14.1. The number of hydrogen-bond acceptors (Lipinski definition) is 3. The van der Waals surface area contributed by atoms with E-state index in [4.69, 9.17) is 0 Å². The van der Waals surface area contributed by atoms with Crippen LogP contribution in [0.3, 0.4) is 0 Å². The number of rotatable bonds is 6. The van der Waals surface area contributed by atoms with Crippen LogP contribution in [-0.4, -0.2) is 32.3 Å². The van der Waals surface area contributed by atoms with Gasteiger partial charge in [0, 0.05) is 13.6 Å². The fourth-order valence-corrected chi connectivity index (χ4v) is 3.53. The Hall–Kier alpha value is -2.18. The molecule has 1 atom stereocenters. The van der Waals surface area contributed by atoms with E-state index in [-0.39, 0.29) is 10.8 Å². The molecule has 2 rings (SSSR count). The van der Waals surface area contributed by atoms with Crippen LogP contribution >= 0.6 is 0 Å². The highest BCUT2D eigenvalue weighted by Crippen LogP contribution is 2.11. The topological polar surface area (TPSA) is 66.5 Å². The number of aryl methyl sites for hydroxylation is 1. The van der Waals surface area contributed by atoms with E-state index in [0.717, 1.165) is 11.1 Å². The Kier molecular flexibility index (Phi) is 5.75. The van der Waals surface area contributed by atoms with Crippen LogP contribution in [0.4, 0.5) is 0 Å². The van der Waals surface area contributed by atoms with Gasteiger partial charge in [-0.15, -0.1) is 0 Å². The summed E-state index contributed by atoms with van der Waals surface area (Å²) < 4.78 is 27.2. The van der Waals surface area contributed by atoms with Crippen LogP contribution in [0.2, 0.25) is 0 Å². The van der Waals surface area contributed by atoms with Gasteiger partial charge in [-0.05, 0) is 31.5 Å². The molecule has 0 unspecified atom stereocenters. The summed E-state index contributed by atoms with van der Waals surface area (Å²) in [6.07, 6.45) is 0. The van der Waals surface area contributed by atoms with Gasteiger partial charge in [-0.25, -0.2) is 8.42 Å². The van der Waals surface area contributed by atoms with Crippen molar-refractivity contribution in [1.29, 1.82) is 0 Å². The first kappa shape index (κ1) is 18.2. The highest BCUT2D eigenvalue weighted by Gasteiger charge is 2.24. The lowest BCUT2D eigenvalue weighted by Crippen LogP contribution is -2.45. The fraction of sp³-hybridized carbons (Fsp3) is 0.278. The normalized spacial score (nSPS) is 12.6. The Labute approximate surface area is 143 Å². The van der Waals surface area contributed by atoms with E-state index in [1.165, 1.54) is 17.0 Å². The molecule has 0 aromatic heterocycles. The van der Waals surface area contributed by atoms with Crippen LogP contribution in [0.5, 0.6) is 0 Å². The minimum Gasteiger partial charge on any atom is -0.340 e. The average molecular weight is 346 g/mol. The minimum atomic E-state index is -3.73. The lowest BCUT2D eigenvalue weighted by molar-refractivity contribution is -0.131. The standard InChI is InChI=1S/C18H22N2O3S/c1-14-9-11-17(12-10-14)24(22,23)19-15(2)18(21)20(3)13-16-7-5-4-6-8-16/h4-12,15,19H,13H2,1-3H3/t15-/m0/s1. The van der Waals surface area contributed by atoms with Crippen LogP contribution in [0.1, 0.15) is 18.1 Å². The number of nitrogens with zero attached hydrogens (tertiary/aromatic N) is 1. The van der Waals surface area contributed by atoms with E-state index in [1.807, 2.05) is 37.3 Å². The number of sulfonamides is 1. The number of hydrogen-bond donors (Lipinski definition) is 1. The smallest absolute Gasteiger partial charge is 0.241 e. The zero-order valence-electron chi connectivity index (χ0n) is 14.1. The predicted molar refractivity (Wildman–Crippen MR) is 93.9 cm³/mol. The van der Waals surface area contributed by atoms with Gasteiger partial charge in [-0.3, -0.25) is 4.79 Å². The van der Waals surface area contributed by atoms with Crippen molar-refractivity contribution >= 4 is 15.9 Å². The second-order valence-corrected chi connectivity index (χ2v) is 7.55. The molecule has 2 aromatic rings. The van der Waals surface area contributed by atoms with Crippen molar-refractivity contribution in [2.75, 3.05) is 7.05 Å². The van der Waals surface area contributed by atoms with E-state index >= 15 is 0 Å². The Morgan fingerprint density at radius 2 is 1.67 bits per heavy atom. The van der Waals surface area contributed by atoms with E-state index < -0.39 is 16.1 Å². The molecular weight excluding hydrogens is 324 g/mol. The van der Waals surface area contributed by atoms with Crippen LogP contribution in [0.15, 0.2) is 59.5 Å². The third-order valence-corrected chi connectivity index (χ3v) is 5.23. The first-order valence-electron chi connectivity index (χ1n) is 7.67. The van der Waals surface area contributed by atoms with E-state index in [1.54, 1.807) is 26.1 Å². The molecule has 0 aliphatic carbocycles. The third kappa shape index (κ3) is 4.66. The first-order chi connectivity index (χ1) is 11.3. The number of likely N-dealkylation sites (N-methyl/N-ethyl adjacent to an activating group) is 1. The molecule has 0 spiro atoms. The van der Waals surface area contributed by atoms with Gasteiger partial charge < -0.3 is 4.90 Å². The summed E-state index contributed by atoms with van der Waals surface area (Å²) in [5.74, 6) is -0.283. The van der Waals surface area contributed by atoms with Gasteiger partial charge >= 0.3 is 0 Å². The summed E-state index contributed by atoms with van der Waals surface area (Å²) >= 11 is 0. The van der Waals surface area contributed by atoms with Gasteiger partial charge in [0.05, 0.1) is 10.9 Å². The molecule has 0 saturated carbocycles. The Morgan fingerprint density at radius 3 is 2.25 bits per heavy atom. The largest absolute Gasteiger partial charge is 0.340 e. The summed E-state index contributed by atoms with van der Waals surface area (Å²) in [5, 5.41) is 0. The van der Waals surface area contributed by atoms with Crippen molar-refractivity contribution in [3.8, 4) is 0 Å². The summed E-state index contributed by atoms with van der Waals surface area (Å²) in [7, 11) is -2.07. The van der Waals surface area contributed by atoms with E-state index in [2.05, 4.69) is 4.72 Å². The Morgan fingerprint density at radius 1 is 1.08 bits per heavy atom. The molecule has 0 saturated heterocycles. The van der Waals surface area contributed by atoms with Gasteiger partial charge in [0.1, 0.15) is 0 Å². The van der Waals surface area contributed by atoms with Gasteiger partial charge in [0.25, 0.3) is 0 Å². The molecule has 0 aliphatic heterocycles. The number of carbonyl (C=O) groups is 1. The highest BCUT2D eigenvalue weighted by atomic mass is 32.2. The zero-order chi connectivity index (χ0) is 17.7. The molecule has 0 heterocycles. The van der Waals surface area contributed by atoms with Crippen molar-refractivity contribution in [2.45, 2.75) is 31.3 Å². The van der Waals surface area contributed by atoms with Gasteiger partial charge in [-0.1, -0.05) is 48.0 Å².